The maximum Gasteiger partial charge on any atom is 0.0770 e. The van der Waals surface area contributed by atoms with Crippen molar-refractivity contribution in [3.05, 3.63) is 29.8 Å². The standard InChI is InChI=1S/C15H22N2O/c18-15(12-7-9-16-10-8-12)14-6-5-11-3-1-2-4-13(11)17-14/h1-4,12,14-18H,5-10H2. The van der Waals surface area contributed by atoms with Crippen molar-refractivity contribution >= 4 is 5.69 Å². The lowest BCUT2D eigenvalue weighted by Gasteiger charge is -2.36. The van der Waals surface area contributed by atoms with E-state index in [4.69, 9.17) is 0 Å². The van der Waals surface area contributed by atoms with Gasteiger partial charge in [0.05, 0.1) is 12.1 Å². The van der Waals surface area contributed by atoms with Gasteiger partial charge in [-0.2, -0.15) is 0 Å². The molecular formula is C15H22N2O. The zero-order valence-corrected chi connectivity index (χ0v) is 10.7. The van der Waals surface area contributed by atoms with Crippen molar-refractivity contribution in [2.24, 2.45) is 5.92 Å². The predicted molar refractivity (Wildman–Crippen MR) is 73.8 cm³/mol. The lowest BCUT2D eigenvalue weighted by atomic mass is 9.84. The summed E-state index contributed by atoms with van der Waals surface area (Å²) < 4.78 is 0. The van der Waals surface area contributed by atoms with Gasteiger partial charge in [-0.25, -0.2) is 0 Å². The van der Waals surface area contributed by atoms with Gasteiger partial charge < -0.3 is 15.7 Å². The number of aliphatic hydroxyl groups is 1. The number of benzene rings is 1. The summed E-state index contributed by atoms with van der Waals surface area (Å²) in [7, 11) is 0. The van der Waals surface area contributed by atoms with E-state index in [-0.39, 0.29) is 12.1 Å². The van der Waals surface area contributed by atoms with Gasteiger partial charge in [-0.3, -0.25) is 0 Å². The van der Waals surface area contributed by atoms with Gasteiger partial charge in [0, 0.05) is 5.69 Å². The van der Waals surface area contributed by atoms with Crippen LogP contribution in [0.15, 0.2) is 24.3 Å². The molecule has 2 aliphatic heterocycles. The van der Waals surface area contributed by atoms with Crippen molar-refractivity contribution in [3.63, 3.8) is 0 Å². The van der Waals surface area contributed by atoms with Gasteiger partial charge >= 0.3 is 0 Å². The third-order valence-electron chi connectivity index (χ3n) is 4.36. The third-order valence-corrected chi connectivity index (χ3v) is 4.36. The highest BCUT2D eigenvalue weighted by Crippen LogP contribution is 2.29. The fraction of sp³-hybridized carbons (Fsp3) is 0.600. The van der Waals surface area contributed by atoms with Crippen molar-refractivity contribution in [3.8, 4) is 0 Å². The summed E-state index contributed by atoms with van der Waals surface area (Å²) >= 11 is 0. The minimum atomic E-state index is -0.208. The van der Waals surface area contributed by atoms with Crippen molar-refractivity contribution < 1.29 is 5.11 Å². The molecule has 0 saturated carbocycles. The molecule has 1 aromatic rings. The number of nitrogens with one attached hydrogen (secondary N) is 2. The normalized spacial score (nSPS) is 26.2. The largest absolute Gasteiger partial charge is 0.391 e. The molecule has 2 atom stereocenters. The van der Waals surface area contributed by atoms with Crippen molar-refractivity contribution in [2.45, 2.75) is 37.8 Å². The minimum absolute atomic E-state index is 0.208. The molecule has 1 saturated heterocycles. The van der Waals surface area contributed by atoms with Crippen LogP contribution in [0.25, 0.3) is 0 Å². The van der Waals surface area contributed by atoms with Crippen LogP contribution >= 0.6 is 0 Å². The molecule has 0 amide bonds. The molecule has 0 radical (unpaired) electrons. The summed E-state index contributed by atoms with van der Waals surface area (Å²) in [5.74, 6) is 0.453. The number of anilines is 1. The summed E-state index contributed by atoms with van der Waals surface area (Å²) in [5, 5.41) is 17.4. The highest BCUT2D eigenvalue weighted by Gasteiger charge is 2.30. The smallest absolute Gasteiger partial charge is 0.0770 e. The summed E-state index contributed by atoms with van der Waals surface area (Å²) in [5.41, 5.74) is 2.59. The Labute approximate surface area is 109 Å². The summed E-state index contributed by atoms with van der Waals surface area (Å²) in [6, 6.07) is 8.67. The molecule has 2 unspecified atom stereocenters. The molecule has 1 aromatic carbocycles. The number of aryl methyl sites for hydroxylation is 1. The number of fused-ring (bicyclic) bond motifs is 1. The zero-order chi connectivity index (χ0) is 12.4. The molecule has 3 rings (SSSR count). The number of hydrogen-bond acceptors (Lipinski definition) is 3. The van der Waals surface area contributed by atoms with Crippen LogP contribution in [-0.2, 0) is 6.42 Å². The topological polar surface area (TPSA) is 44.3 Å². The highest BCUT2D eigenvalue weighted by molar-refractivity contribution is 5.53. The first kappa shape index (κ1) is 12.0. The summed E-state index contributed by atoms with van der Waals surface area (Å²) in [6.45, 7) is 2.09. The fourth-order valence-corrected chi connectivity index (χ4v) is 3.23. The van der Waals surface area contributed by atoms with Crippen molar-refractivity contribution in [1.82, 2.24) is 5.32 Å². The number of rotatable bonds is 2. The molecule has 0 aliphatic carbocycles. The van der Waals surface area contributed by atoms with Crippen LogP contribution < -0.4 is 10.6 Å². The molecule has 18 heavy (non-hydrogen) atoms. The van der Waals surface area contributed by atoms with Crippen LogP contribution in [0.3, 0.4) is 0 Å². The Kier molecular flexibility index (Phi) is 3.52. The van der Waals surface area contributed by atoms with Crippen LogP contribution in [0.4, 0.5) is 5.69 Å². The predicted octanol–water partition coefficient (Wildman–Crippen LogP) is 1.77. The van der Waals surface area contributed by atoms with E-state index in [1.165, 1.54) is 11.3 Å². The Balaban J connectivity index is 1.67. The average Bonchev–Trinajstić information content (AvgIpc) is 2.47. The van der Waals surface area contributed by atoms with Gasteiger partial charge in [0.2, 0.25) is 0 Å². The molecule has 2 heterocycles. The monoisotopic (exact) mass is 246 g/mol. The molecular weight excluding hydrogens is 224 g/mol. The Bertz CT molecular complexity index is 401. The zero-order valence-electron chi connectivity index (χ0n) is 10.7. The maximum absolute atomic E-state index is 10.5. The lowest BCUT2D eigenvalue weighted by Crippen LogP contribution is -2.44. The number of para-hydroxylation sites is 1. The molecule has 3 nitrogen and oxygen atoms in total. The van der Waals surface area contributed by atoms with E-state index in [2.05, 4.69) is 34.9 Å². The molecule has 98 valence electrons. The van der Waals surface area contributed by atoms with E-state index in [1.54, 1.807) is 0 Å². The van der Waals surface area contributed by atoms with E-state index in [0.29, 0.717) is 5.92 Å². The fourth-order valence-electron chi connectivity index (χ4n) is 3.23. The second kappa shape index (κ2) is 5.29. The van der Waals surface area contributed by atoms with E-state index in [0.717, 1.165) is 38.8 Å². The van der Waals surface area contributed by atoms with Crippen LogP contribution in [0.1, 0.15) is 24.8 Å². The minimum Gasteiger partial charge on any atom is -0.391 e. The van der Waals surface area contributed by atoms with E-state index in [1.807, 2.05) is 0 Å². The first-order valence-corrected chi connectivity index (χ1v) is 7.08. The first-order valence-electron chi connectivity index (χ1n) is 7.08. The third kappa shape index (κ3) is 2.38. The van der Waals surface area contributed by atoms with Gasteiger partial charge in [-0.1, -0.05) is 18.2 Å². The summed E-state index contributed by atoms with van der Waals surface area (Å²) in [6.07, 6.45) is 4.11. The molecule has 0 spiro atoms. The number of hydrogen-bond donors (Lipinski definition) is 3. The van der Waals surface area contributed by atoms with Gasteiger partial charge in [0.25, 0.3) is 0 Å². The second-order valence-corrected chi connectivity index (χ2v) is 5.52. The molecule has 1 fully saturated rings. The Morgan fingerprint density at radius 3 is 2.72 bits per heavy atom. The van der Waals surface area contributed by atoms with Gasteiger partial charge in [0.1, 0.15) is 0 Å². The van der Waals surface area contributed by atoms with E-state index >= 15 is 0 Å². The quantitative estimate of drug-likeness (QED) is 0.745. The van der Waals surface area contributed by atoms with Crippen LogP contribution in [0.5, 0.6) is 0 Å². The molecule has 0 bridgehead atoms. The number of piperidine rings is 1. The SMILES string of the molecule is OC(C1CCNCC1)C1CCc2ccccc2N1. The maximum atomic E-state index is 10.5. The van der Waals surface area contributed by atoms with Crippen molar-refractivity contribution in [1.29, 1.82) is 0 Å². The second-order valence-electron chi connectivity index (χ2n) is 5.52. The Morgan fingerprint density at radius 2 is 1.89 bits per heavy atom. The van der Waals surface area contributed by atoms with E-state index < -0.39 is 0 Å². The van der Waals surface area contributed by atoms with Crippen molar-refractivity contribution in [2.75, 3.05) is 18.4 Å². The lowest BCUT2D eigenvalue weighted by molar-refractivity contribution is 0.0681. The van der Waals surface area contributed by atoms with E-state index in [9.17, 15) is 5.11 Å². The molecule has 3 N–H and O–H groups in total. The van der Waals surface area contributed by atoms with Gasteiger partial charge in [0.15, 0.2) is 0 Å². The average molecular weight is 246 g/mol. The first-order chi connectivity index (χ1) is 8.84. The van der Waals surface area contributed by atoms with Crippen LogP contribution in [0.2, 0.25) is 0 Å². The highest BCUT2D eigenvalue weighted by atomic mass is 16.3. The molecule has 2 aliphatic rings. The summed E-state index contributed by atoms with van der Waals surface area (Å²) in [4.78, 5) is 0. The Morgan fingerprint density at radius 1 is 1.11 bits per heavy atom. The molecule has 3 heteroatoms. The Hall–Kier alpha value is -1.06. The van der Waals surface area contributed by atoms with Gasteiger partial charge in [-0.05, 0) is 56.3 Å². The number of aliphatic hydroxyl groups excluding tert-OH is 1. The van der Waals surface area contributed by atoms with Crippen LogP contribution in [-0.4, -0.2) is 30.3 Å². The van der Waals surface area contributed by atoms with Gasteiger partial charge in [-0.15, -0.1) is 0 Å². The molecule has 0 aromatic heterocycles. The van der Waals surface area contributed by atoms with Crippen LogP contribution in [0, 0.1) is 5.92 Å².